The average Bonchev–Trinajstić information content (AvgIpc) is 2.47. The molecule has 0 aliphatic carbocycles. The summed E-state index contributed by atoms with van der Waals surface area (Å²) in [4.78, 5) is 6.96. The zero-order valence-corrected chi connectivity index (χ0v) is 12.2. The molecular formula is C17H21N3. The number of aromatic nitrogens is 1. The Labute approximate surface area is 120 Å². The van der Waals surface area contributed by atoms with Crippen molar-refractivity contribution >= 4 is 11.5 Å². The van der Waals surface area contributed by atoms with Gasteiger partial charge in [0, 0.05) is 25.0 Å². The third kappa shape index (κ3) is 2.54. The summed E-state index contributed by atoms with van der Waals surface area (Å²) in [6.45, 7) is 4.07. The number of hydrogen-bond donors (Lipinski definition) is 1. The number of hydrogen-bond acceptors (Lipinski definition) is 3. The van der Waals surface area contributed by atoms with Crippen molar-refractivity contribution in [2.75, 3.05) is 18.5 Å². The van der Waals surface area contributed by atoms with Crippen molar-refractivity contribution in [3.05, 3.63) is 53.2 Å². The molecule has 3 heteroatoms. The minimum Gasteiger partial charge on any atom is -0.326 e. The van der Waals surface area contributed by atoms with Gasteiger partial charge >= 0.3 is 0 Å². The Morgan fingerprint density at radius 2 is 2.15 bits per heavy atom. The van der Waals surface area contributed by atoms with Crippen LogP contribution in [0.25, 0.3) is 0 Å². The van der Waals surface area contributed by atoms with E-state index in [1.165, 1.54) is 35.2 Å². The van der Waals surface area contributed by atoms with E-state index in [0.29, 0.717) is 0 Å². The standard InChI is InChI=1S/C17H21N3/c1-13-5-7-16-15(10-13)4-3-9-20(16)17-8-6-14(11-18-2)12-19-17/h5-8,10,12,18H,3-4,9,11H2,1-2H3. The molecule has 0 spiro atoms. The van der Waals surface area contributed by atoms with Crippen LogP contribution < -0.4 is 10.2 Å². The number of rotatable bonds is 3. The van der Waals surface area contributed by atoms with Crippen LogP contribution in [-0.4, -0.2) is 18.6 Å². The highest BCUT2D eigenvalue weighted by molar-refractivity contribution is 5.66. The second-order valence-electron chi connectivity index (χ2n) is 5.44. The van der Waals surface area contributed by atoms with Gasteiger partial charge in [0.2, 0.25) is 0 Å². The molecule has 1 aliphatic heterocycles. The lowest BCUT2D eigenvalue weighted by molar-refractivity contribution is 0.756. The van der Waals surface area contributed by atoms with Gasteiger partial charge in [0.25, 0.3) is 0 Å². The summed E-state index contributed by atoms with van der Waals surface area (Å²) < 4.78 is 0. The Balaban J connectivity index is 1.92. The van der Waals surface area contributed by atoms with E-state index in [1.807, 2.05) is 13.2 Å². The lowest BCUT2D eigenvalue weighted by Gasteiger charge is -2.30. The molecule has 1 aromatic heterocycles. The number of fused-ring (bicyclic) bond motifs is 1. The first-order chi connectivity index (χ1) is 9.78. The van der Waals surface area contributed by atoms with Crippen molar-refractivity contribution in [1.82, 2.24) is 10.3 Å². The van der Waals surface area contributed by atoms with Crippen LogP contribution in [-0.2, 0) is 13.0 Å². The molecule has 1 aromatic carbocycles. The highest BCUT2D eigenvalue weighted by atomic mass is 15.2. The van der Waals surface area contributed by atoms with Crippen LogP contribution in [0.3, 0.4) is 0 Å². The van der Waals surface area contributed by atoms with Crippen LogP contribution in [0.15, 0.2) is 36.5 Å². The van der Waals surface area contributed by atoms with Crippen molar-refractivity contribution in [3.8, 4) is 0 Å². The second-order valence-corrected chi connectivity index (χ2v) is 5.44. The van der Waals surface area contributed by atoms with E-state index in [1.54, 1.807) is 0 Å². The quantitative estimate of drug-likeness (QED) is 0.925. The summed E-state index contributed by atoms with van der Waals surface area (Å²) in [5.74, 6) is 1.05. The molecule has 3 nitrogen and oxygen atoms in total. The molecule has 0 unspecified atom stereocenters. The molecule has 0 saturated heterocycles. The monoisotopic (exact) mass is 267 g/mol. The molecule has 0 radical (unpaired) electrons. The summed E-state index contributed by atoms with van der Waals surface area (Å²) in [6, 6.07) is 11.0. The molecule has 3 rings (SSSR count). The Morgan fingerprint density at radius 3 is 2.90 bits per heavy atom. The van der Waals surface area contributed by atoms with Crippen LogP contribution in [0.2, 0.25) is 0 Å². The van der Waals surface area contributed by atoms with Gasteiger partial charge in [-0.15, -0.1) is 0 Å². The number of benzene rings is 1. The highest BCUT2D eigenvalue weighted by Crippen LogP contribution is 2.32. The molecule has 0 amide bonds. The maximum absolute atomic E-state index is 4.63. The smallest absolute Gasteiger partial charge is 0.132 e. The van der Waals surface area contributed by atoms with Gasteiger partial charge in [-0.1, -0.05) is 23.8 Å². The normalized spacial score (nSPS) is 14.2. The van der Waals surface area contributed by atoms with E-state index < -0.39 is 0 Å². The number of nitrogens with zero attached hydrogens (tertiary/aromatic N) is 2. The van der Waals surface area contributed by atoms with Crippen LogP contribution >= 0.6 is 0 Å². The predicted octanol–water partition coefficient (Wildman–Crippen LogP) is 3.19. The largest absolute Gasteiger partial charge is 0.326 e. The topological polar surface area (TPSA) is 28.2 Å². The summed E-state index contributed by atoms with van der Waals surface area (Å²) in [5.41, 5.74) is 5.31. The predicted molar refractivity (Wildman–Crippen MR) is 83.5 cm³/mol. The SMILES string of the molecule is CNCc1ccc(N2CCCc3cc(C)ccc32)nc1. The zero-order chi connectivity index (χ0) is 13.9. The number of nitrogens with one attached hydrogen (secondary N) is 1. The molecular weight excluding hydrogens is 246 g/mol. The third-order valence-electron chi connectivity index (χ3n) is 3.82. The molecule has 1 N–H and O–H groups in total. The lowest BCUT2D eigenvalue weighted by Crippen LogP contribution is -2.25. The van der Waals surface area contributed by atoms with Gasteiger partial charge in [0.15, 0.2) is 0 Å². The van der Waals surface area contributed by atoms with E-state index in [2.05, 4.69) is 52.5 Å². The van der Waals surface area contributed by atoms with Gasteiger partial charge in [-0.25, -0.2) is 4.98 Å². The Morgan fingerprint density at radius 1 is 1.25 bits per heavy atom. The van der Waals surface area contributed by atoms with Crippen molar-refractivity contribution in [2.45, 2.75) is 26.3 Å². The Hall–Kier alpha value is -1.87. The van der Waals surface area contributed by atoms with Crippen LogP contribution in [0.5, 0.6) is 0 Å². The van der Waals surface area contributed by atoms with Gasteiger partial charge in [0.05, 0.1) is 0 Å². The summed E-state index contributed by atoms with van der Waals surface area (Å²) >= 11 is 0. The van der Waals surface area contributed by atoms with E-state index >= 15 is 0 Å². The third-order valence-corrected chi connectivity index (χ3v) is 3.82. The van der Waals surface area contributed by atoms with Gasteiger partial charge in [0.1, 0.15) is 5.82 Å². The van der Waals surface area contributed by atoms with E-state index in [4.69, 9.17) is 0 Å². The molecule has 2 aromatic rings. The maximum Gasteiger partial charge on any atom is 0.132 e. The van der Waals surface area contributed by atoms with E-state index in [0.717, 1.165) is 18.9 Å². The highest BCUT2D eigenvalue weighted by Gasteiger charge is 2.18. The summed E-state index contributed by atoms with van der Waals surface area (Å²) in [6.07, 6.45) is 4.33. The fourth-order valence-electron chi connectivity index (χ4n) is 2.85. The first-order valence-corrected chi connectivity index (χ1v) is 7.24. The number of anilines is 2. The average molecular weight is 267 g/mol. The molecule has 20 heavy (non-hydrogen) atoms. The minimum atomic E-state index is 0.864. The lowest BCUT2D eigenvalue weighted by atomic mass is 9.99. The maximum atomic E-state index is 4.63. The molecule has 1 aliphatic rings. The first kappa shape index (κ1) is 13.1. The molecule has 0 bridgehead atoms. The fourth-order valence-corrected chi connectivity index (χ4v) is 2.85. The van der Waals surface area contributed by atoms with Crippen molar-refractivity contribution in [3.63, 3.8) is 0 Å². The van der Waals surface area contributed by atoms with Crippen molar-refractivity contribution < 1.29 is 0 Å². The minimum absolute atomic E-state index is 0.864. The van der Waals surface area contributed by atoms with E-state index in [9.17, 15) is 0 Å². The van der Waals surface area contributed by atoms with E-state index in [-0.39, 0.29) is 0 Å². The zero-order valence-electron chi connectivity index (χ0n) is 12.2. The second kappa shape index (κ2) is 5.63. The van der Waals surface area contributed by atoms with Crippen LogP contribution in [0.1, 0.15) is 23.1 Å². The Bertz CT molecular complexity index is 590. The molecule has 0 fully saturated rings. The molecule has 2 heterocycles. The first-order valence-electron chi connectivity index (χ1n) is 7.24. The Kier molecular flexibility index (Phi) is 3.70. The van der Waals surface area contributed by atoms with Crippen LogP contribution in [0, 0.1) is 6.92 Å². The molecule has 104 valence electrons. The van der Waals surface area contributed by atoms with Crippen LogP contribution in [0.4, 0.5) is 11.5 Å². The number of pyridine rings is 1. The van der Waals surface area contributed by atoms with Crippen molar-refractivity contribution in [2.24, 2.45) is 0 Å². The van der Waals surface area contributed by atoms with Gasteiger partial charge < -0.3 is 10.2 Å². The summed E-state index contributed by atoms with van der Waals surface area (Å²) in [5, 5.41) is 3.15. The summed E-state index contributed by atoms with van der Waals surface area (Å²) in [7, 11) is 1.96. The van der Waals surface area contributed by atoms with Gasteiger partial charge in [-0.05, 0) is 50.1 Å². The van der Waals surface area contributed by atoms with Gasteiger partial charge in [-0.2, -0.15) is 0 Å². The molecule has 0 atom stereocenters. The molecule has 0 saturated carbocycles. The van der Waals surface area contributed by atoms with Gasteiger partial charge in [-0.3, -0.25) is 0 Å². The fraction of sp³-hybridized carbons (Fsp3) is 0.353. The number of aryl methyl sites for hydroxylation is 2. The van der Waals surface area contributed by atoms with Crippen molar-refractivity contribution in [1.29, 1.82) is 0 Å².